The third-order valence-corrected chi connectivity index (χ3v) is 6.87. The van der Waals surface area contributed by atoms with Crippen LogP contribution >= 0.6 is 0 Å². The molecule has 1 saturated heterocycles. The summed E-state index contributed by atoms with van der Waals surface area (Å²) in [6, 6.07) is 11.8. The zero-order chi connectivity index (χ0) is 24.0. The van der Waals surface area contributed by atoms with Gasteiger partial charge in [0, 0.05) is 35.5 Å². The first-order valence-electron chi connectivity index (χ1n) is 11.4. The van der Waals surface area contributed by atoms with Crippen molar-refractivity contribution in [3.8, 4) is 11.1 Å². The predicted molar refractivity (Wildman–Crippen MR) is 128 cm³/mol. The van der Waals surface area contributed by atoms with E-state index in [1.54, 1.807) is 17.2 Å². The molecule has 4 aromatic rings. The molecule has 174 valence electrons. The first kappa shape index (κ1) is 21.9. The Hall–Kier alpha value is -3.87. The molecule has 34 heavy (non-hydrogen) atoms. The van der Waals surface area contributed by atoms with Crippen molar-refractivity contribution in [2.45, 2.75) is 33.1 Å². The summed E-state index contributed by atoms with van der Waals surface area (Å²) < 4.78 is 11.3. The second-order valence-corrected chi connectivity index (χ2v) is 9.02. The molecule has 7 nitrogen and oxygen atoms in total. The number of aryl methyl sites for hydroxylation is 2. The van der Waals surface area contributed by atoms with Gasteiger partial charge in [-0.1, -0.05) is 29.8 Å². The van der Waals surface area contributed by atoms with Gasteiger partial charge in [-0.2, -0.15) is 0 Å². The van der Waals surface area contributed by atoms with Crippen LogP contribution in [0.15, 0.2) is 56.3 Å². The number of amides is 1. The Morgan fingerprint density at radius 1 is 1.03 bits per heavy atom. The number of carbonyl (C=O) groups is 2. The van der Waals surface area contributed by atoms with E-state index in [0.717, 1.165) is 21.9 Å². The molecule has 1 aliphatic rings. The Bertz CT molecular complexity index is 1470. The fraction of sp³-hybridized carbons (Fsp3) is 0.296. The lowest BCUT2D eigenvalue weighted by molar-refractivity contribution is -0.145. The van der Waals surface area contributed by atoms with Crippen LogP contribution in [0.2, 0.25) is 0 Å². The van der Waals surface area contributed by atoms with Gasteiger partial charge in [-0.15, -0.1) is 0 Å². The van der Waals surface area contributed by atoms with Crippen molar-refractivity contribution in [1.29, 1.82) is 0 Å². The number of fused-ring (bicyclic) bond motifs is 2. The molecule has 0 aliphatic carbocycles. The smallest absolute Gasteiger partial charge is 0.340 e. The van der Waals surface area contributed by atoms with Crippen LogP contribution in [0.4, 0.5) is 0 Å². The highest BCUT2D eigenvalue weighted by atomic mass is 16.4. The Labute approximate surface area is 195 Å². The van der Waals surface area contributed by atoms with Crippen molar-refractivity contribution in [3.05, 3.63) is 69.8 Å². The van der Waals surface area contributed by atoms with Gasteiger partial charge in [0.05, 0.1) is 24.2 Å². The Kier molecular flexibility index (Phi) is 5.48. The molecule has 1 amide bonds. The van der Waals surface area contributed by atoms with Crippen LogP contribution < -0.4 is 5.63 Å². The third kappa shape index (κ3) is 3.87. The number of carboxylic acids is 1. The van der Waals surface area contributed by atoms with Crippen LogP contribution in [0.1, 0.15) is 29.5 Å². The number of rotatable bonds is 4. The van der Waals surface area contributed by atoms with Crippen LogP contribution in [-0.4, -0.2) is 35.0 Å². The molecule has 7 heteroatoms. The SMILES string of the molecule is Cc1ccc(-c2coc3cc4oc(=O)c(CC(=O)N5CCC(C(=O)O)CC5)c(C)c4cc23)cc1. The number of hydrogen-bond donors (Lipinski definition) is 1. The van der Waals surface area contributed by atoms with Crippen molar-refractivity contribution in [1.82, 2.24) is 4.90 Å². The van der Waals surface area contributed by atoms with E-state index in [2.05, 4.69) is 0 Å². The molecule has 2 aromatic carbocycles. The highest BCUT2D eigenvalue weighted by Gasteiger charge is 2.28. The Morgan fingerprint density at radius 3 is 2.41 bits per heavy atom. The van der Waals surface area contributed by atoms with Gasteiger partial charge < -0.3 is 18.8 Å². The van der Waals surface area contributed by atoms with E-state index in [9.17, 15) is 19.5 Å². The molecule has 0 unspecified atom stereocenters. The van der Waals surface area contributed by atoms with E-state index >= 15 is 0 Å². The molecule has 0 atom stereocenters. The van der Waals surface area contributed by atoms with Crippen molar-refractivity contribution in [2.24, 2.45) is 5.92 Å². The number of aliphatic carboxylic acids is 1. The molecular formula is C27H25NO6. The van der Waals surface area contributed by atoms with Crippen LogP contribution in [-0.2, 0) is 16.0 Å². The monoisotopic (exact) mass is 459 g/mol. The molecule has 0 bridgehead atoms. The van der Waals surface area contributed by atoms with E-state index in [4.69, 9.17) is 8.83 Å². The highest BCUT2D eigenvalue weighted by molar-refractivity contribution is 6.02. The summed E-state index contributed by atoms with van der Waals surface area (Å²) in [5, 5.41) is 10.8. The van der Waals surface area contributed by atoms with Crippen molar-refractivity contribution >= 4 is 33.8 Å². The molecule has 1 aliphatic heterocycles. The summed E-state index contributed by atoms with van der Waals surface area (Å²) in [6.07, 6.45) is 2.47. The van der Waals surface area contributed by atoms with E-state index in [0.29, 0.717) is 48.2 Å². The molecule has 0 spiro atoms. The number of carboxylic acid groups (broad SMARTS) is 1. The Balaban J connectivity index is 1.49. The minimum Gasteiger partial charge on any atom is -0.481 e. The summed E-state index contributed by atoms with van der Waals surface area (Å²) in [6.45, 7) is 4.62. The molecule has 0 radical (unpaired) electrons. The zero-order valence-corrected chi connectivity index (χ0v) is 19.1. The number of hydrogen-bond acceptors (Lipinski definition) is 5. The van der Waals surface area contributed by atoms with Gasteiger partial charge in [0.25, 0.3) is 0 Å². The number of benzene rings is 2. The topological polar surface area (TPSA) is 101 Å². The van der Waals surface area contributed by atoms with Crippen LogP contribution in [0.3, 0.4) is 0 Å². The van der Waals surface area contributed by atoms with E-state index in [-0.39, 0.29) is 12.3 Å². The maximum atomic E-state index is 12.9. The quantitative estimate of drug-likeness (QED) is 0.445. The summed E-state index contributed by atoms with van der Waals surface area (Å²) in [5.41, 5.74) is 4.68. The summed E-state index contributed by atoms with van der Waals surface area (Å²) in [7, 11) is 0. The van der Waals surface area contributed by atoms with Crippen molar-refractivity contribution in [2.75, 3.05) is 13.1 Å². The van der Waals surface area contributed by atoms with Crippen LogP contribution in [0, 0.1) is 19.8 Å². The molecule has 3 heterocycles. The molecule has 5 rings (SSSR count). The van der Waals surface area contributed by atoms with E-state index in [1.807, 2.05) is 44.2 Å². The molecule has 2 aromatic heterocycles. The van der Waals surface area contributed by atoms with Crippen molar-refractivity contribution < 1.29 is 23.5 Å². The van der Waals surface area contributed by atoms with E-state index in [1.165, 1.54) is 5.56 Å². The molecule has 1 N–H and O–H groups in total. The maximum absolute atomic E-state index is 12.9. The number of furan rings is 1. The predicted octanol–water partition coefficient (Wildman–Crippen LogP) is 4.69. The van der Waals surface area contributed by atoms with Gasteiger partial charge in [0.2, 0.25) is 5.91 Å². The first-order chi connectivity index (χ1) is 16.3. The lowest BCUT2D eigenvalue weighted by Crippen LogP contribution is -2.41. The van der Waals surface area contributed by atoms with Gasteiger partial charge in [-0.05, 0) is 43.9 Å². The second-order valence-electron chi connectivity index (χ2n) is 9.02. The van der Waals surface area contributed by atoms with Gasteiger partial charge in [0.15, 0.2) is 0 Å². The lowest BCUT2D eigenvalue weighted by Gasteiger charge is -2.30. The van der Waals surface area contributed by atoms with Crippen LogP contribution in [0.5, 0.6) is 0 Å². The van der Waals surface area contributed by atoms with Crippen LogP contribution in [0.25, 0.3) is 33.1 Å². The third-order valence-electron chi connectivity index (χ3n) is 6.87. The fourth-order valence-electron chi connectivity index (χ4n) is 4.71. The second kappa shape index (κ2) is 8.48. The van der Waals surface area contributed by atoms with Gasteiger partial charge in [-0.3, -0.25) is 9.59 Å². The zero-order valence-electron chi connectivity index (χ0n) is 19.1. The van der Waals surface area contributed by atoms with Gasteiger partial charge in [-0.25, -0.2) is 4.79 Å². The summed E-state index contributed by atoms with van der Waals surface area (Å²) in [4.78, 5) is 38.5. The van der Waals surface area contributed by atoms with Gasteiger partial charge >= 0.3 is 11.6 Å². The molecule has 0 saturated carbocycles. The fourth-order valence-corrected chi connectivity index (χ4v) is 4.71. The minimum absolute atomic E-state index is 0.0733. The number of likely N-dealkylation sites (tertiary alicyclic amines) is 1. The summed E-state index contributed by atoms with van der Waals surface area (Å²) >= 11 is 0. The van der Waals surface area contributed by atoms with Gasteiger partial charge in [0.1, 0.15) is 11.2 Å². The number of carbonyl (C=O) groups excluding carboxylic acids is 1. The maximum Gasteiger partial charge on any atom is 0.340 e. The average Bonchev–Trinajstić information content (AvgIpc) is 3.24. The van der Waals surface area contributed by atoms with Crippen molar-refractivity contribution in [3.63, 3.8) is 0 Å². The standard InChI is InChI=1S/C27H25NO6/c1-15-3-5-17(6-4-15)22-14-33-23-13-24-19(11-21(22)23)16(2)20(27(32)34-24)12-25(29)28-9-7-18(8-10-28)26(30)31/h3-6,11,13-14,18H,7-10,12H2,1-2H3,(H,30,31). The molecular weight excluding hydrogens is 434 g/mol. The Morgan fingerprint density at radius 2 is 1.74 bits per heavy atom. The first-order valence-corrected chi connectivity index (χ1v) is 11.4. The number of piperidine rings is 1. The highest BCUT2D eigenvalue weighted by Crippen LogP contribution is 2.34. The largest absolute Gasteiger partial charge is 0.481 e. The average molecular weight is 459 g/mol. The number of nitrogens with zero attached hydrogens (tertiary/aromatic N) is 1. The summed E-state index contributed by atoms with van der Waals surface area (Å²) in [5.74, 6) is -1.44. The minimum atomic E-state index is -0.825. The lowest BCUT2D eigenvalue weighted by atomic mass is 9.96. The molecule has 1 fully saturated rings. The normalized spacial score (nSPS) is 14.7. The van der Waals surface area contributed by atoms with E-state index < -0.39 is 17.5 Å².